The number of anilines is 2. The zero-order chi connectivity index (χ0) is 15.8. The average molecular weight is 293 g/mol. The van der Waals surface area contributed by atoms with Gasteiger partial charge in [-0.25, -0.2) is 0 Å². The molecule has 1 aromatic carbocycles. The van der Waals surface area contributed by atoms with E-state index in [1.165, 1.54) is 6.92 Å². The van der Waals surface area contributed by atoms with Crippen molar-refractivity contribution in [1.29, 1.82) is 0 Å². The first-order chi connectivity index (χ1) is 9.93. The lowest BCUT2D eigenvalue weighted by Crippen LogP contribution is -2.36. The summed E-state index contributed by atoms with van der Waals surface area (Å²) < 4.78 is 4.93. The van der Waals surface area contributed by atoms with Crippen LogP contribution in [0, 0.1) is 6.92 Å². The first kappa shape index (κ1) is 17.1. The lowest BCUT2D eigenvalue weighted by atomic mass is 10.1. The Balaban J connectivity index is 2.68. The van der Waals surface area contributed by atoms with Crippen molar-refractivity contribution in [3.05, 3.63) is 23.8 Å². The van der Waals surface area contributed by atoms with Crippen molar-refractivity contribution < 1.29 is 14.3 Å². The maximum Gasteiger partial charge on any atom is 0.241 e. The van der Waals surface area contributed by atoms with Gasteiger partial charge in [-0.05, 0) is 37.5 Å². The molecule has 2 amide bonds. The Labute approximate surface area is 125 Å². The lowest BCUT2D eigenvalue weighted by Gasteiger charge is -2.14. The van der Waals surface area contributed by atoms with E-state index in [4.69, 9.17) is 10.5 Å². The van der Waals surface area contributed by atoms with Crippen LogP contribution in [0.1, 0.15) is 25.3 Å². The van der Waals surface area contributed by atoms with Gasteiger partial charge >= 0.3 is 0 Å². The number of ether oxygens (including phenoxy) is 1. The number of hydrogen-bond donors (Lipinski definition) is 3. The largest absolute Gasteiger partial charge is 0.385 e. The SMILES string of the molecule is COCCCC(N)C(=O)Nc1cc(NC(C)=O)ccc1C. The summed E-state index contributed by atoms with van der Waals surface area (Å²) in [5.74, 6) is -0.401. The molecule has 21 heavy (non-hydrogen) atoms. The van der Waals surface area contributed by atoms with E-state index in [1.54, 1.807) is 19.2 Å². The molecule has 116 valence electrons. The molecular weight excluding hydrogens is 270 g/mol. The molecule has 0 radical (unpaired) electrons. The molecule has 0 saturated heterocycles. The van der Waals surface area contributed by atoms with Crippen LogP contribution in [0.5, 0.6) is 0 Å². The number of nitrogens with two attached hydrogens (primary N) is 1. The zero-order valence-corrected chi connectivity index (χ0v) is 12.7. The molecule has 0 aliphatic heterocycles. The van der Waals surface area contributed by atoms with Gasteiger partial charge in [0, 0.05) is 32.0 Å². The van der Waals surface area contributed by atoms with Gasteiger partial charge in [0.2, 0.25) is 11.8 Å². The van der Waals surface area contributed by atoms with E-state index in [0.717, 1.165) is 12.0 Å². The number of aryl methyl sites for hydroxylation is 1. The maximum absolute atomic E-state index is 12.0. The van der Waals surface area contributed by atoms with Crippen molar-refractivity contribution in [2.75, 3.05) is 24.4 Å². The molecule has 0 spiro atoms. The molecule has 6 heteroatoms. The van der Waals surface area contributed by atoms with E-state index in [-0.39, 0.29) is 11.8 Å². The molecule has 1 unspecified atom stereocenters. The standard InChI is InChI=1S/C15H23N3O3/c1-10-6-7-12(17-11(2)19)9-14(10)18-15(20)13(16)5-4-8-21-3/h6-7,9,13H,4-5,8,16H2,1-3H3,(H,17,19)(H,18,20). The van der Waals surface area contributed by atoms with Gasteiger partial charge in [0.25, 0.3) is 0 Å². The number of carbonyl (C=O) groups excluding carboxylic acids is 2. The topological polar surface area (TPSA) is 93.4 Å². The number of amides is 2. The molecule has 0 heterocycles. The third kappa shape index (κ3) is 5.93. The van der Waals surface area contributed by atoms with E-state index < -0.39 is 6.04 Å². The van der Waals surface area contributed by atoms with Crippen LogP contribution >= 0.6 is 0 Å². The van der Waals surface area contributed by atoms with E-state index in [2.05, 4.69) is 10.6 Å². The van der Waals surface area contributed by atoms with Crippen molar-refractivity contribution >= 4 is 23.2 Å². The predicted molar refractivity (Wildman–Crippen MR) is 83.2 cm³/mol. The van der Waals surface area contributed by atoms with Crippen molar-refractivity contribution in [2.24, 2.45) is 5.73 Å². The molecule has 0 aliphatic carbocycles. The maximum atomic E-state index is 12.0. The first-order valence-corrected chi connectivity index (χ1v) is 6.87. The van der Waals surface area contributed by atoms with Gasteiger partial charge in [0.05, 0.1) is 6.04 Å². The molecule has 0 aliphatic rings. The van der Waals surface area contributed by atoms with Gasteiger partial charge in [-0.1, -0.05) is 6.07 Å². The van der Waals surface area contributed by atoms with Crippen molar-refractivity contribution in [1.82, 2.24) is 0 Å². The van der Waals surface area contributed by atoms with Gasteiger partial charge in [0.1, 0.15) is 0 Å². The molecule has 1 rings (SSSR count). The van der Waals surface area contributed by atoms with E-state index in [0.29, 0.717) is 24.4 Å². The third-order valence-electron chi connectivity index (χ3n) is 3.02. The van der Waals surface area contributed by atoms with E-state index >= 15 is 0 Å². The summed E-state index contributed by atoms with van der Waals surface area (Å²) in [6, 6.07) is 4.75. The van der Waals surface area contributed by atoms with Gasteiger partial charge in [-0.15, -0.1) is 0 Å². The number of hydrogen-bond acceptors (Lipinski definition) is 4. The van der Waals surface area contributed by atoms with Crippen LogP contribution in [-0.4, -0.2) is 31.6 Å². The first-order valence-electron chi connectivity index (χ1n) is 6.87. The second-order valence-electron chi connectivity index (χ2n) is 4.94. The van der Waals surface area contributed by atoms with E-state index in [1.807, 2.05) is 13.0 Å². The lowest BCUT2D eigenvalue weighted by molar-refractivity contribution is -0.117. The summed E-state index contributed by atoms with van der Waals surface area (Å²) in [6.07, 6.45) is 1.29. The minimum absolute atomic E-state index is 0.160. The summed E-state index contributed by atoms with van der Waals surface area (Å²) in [6.45, 7) is 3.89. The fourth-order valence-corrected chi connectivity index (χ4v) is 1.84. The van der Waals surface area contributed by atoms with Crippen LogP contribution in [0.15, 0.2) is 18.2 Å². The highest BCUT2D eigenvalue weighted by Gasteiger charge is 2.14. The smallest absolute Gasteiger partial charge is 0.241 e. The monoisotopic (exact) mass is 293 g/mol. The van der Waals surface area contributed by atoms with Gasteiger partial charge in [-0.2, -0.15) is 0 Å². The fourth-order valence-electron chi connectivity index (χ4n) is 1.84. The fraction of sp³-hybridized carbons (Fsp3) is 0.467. The van der Waals surface area contributed by atoms with Gasteiger partial charge in [0.15, 0.2) is 0 Å². The number of methoxy groups -OCH3 is 1. The quantitative estimate of drug-likeness (QED) is 0.666. The predicted octanol–water partition coefficient (Wildman–Crippen LogP) is 1.65. The van der Waals surface area contributed by atoms with E-state index in [9.17, 15) is 9.59 Å². The molecule has 6 nitrogen and oxygen atoms in total. The van der Waals surface area contributed by atoms with Crippen molar-refractivity contribution in [3.63, 3.8) is 0 Å². The van der Waals surface area contributed by atoms with Gasteiger partial charge in [-0.3, -0.25) is 9.59 Å². The Morgan fingerprint density at radius 2 is 2.05 bits per heavy atom. The summed E-state index contributed by atoms with van der Waals surface area (Å²) in [5.41, 5.74) is 8.02. The number of rotatable bonds is 7. The molecule has 0 bridgehead atoms. The Morgan fingerprint density at radius 1 is 1.33 bits per heavy atom. The number of nitrogens with one attached hydrogen (secondary N) is 2. The van der Waals surface area contributed by atoms with Gasteiger partial charge < -0.3 is 21.1 Å². The minimum atomic E-state index is -0.580. The highest BCUT2D eigenvalue weighted by atomic mass is 16.5. The molecule has 1 aromatic rings. The summed E-state index contributed by atoms with van der Waals surface area (Å²) in [5, 5.41) is 5.47. The zero-order valence-electron chi connectivity index (χ0n) is 12.7. The second kappa shape index (κ2) is 8.39. The van der Waals surface area contributed by atoms with Crippen molar-refractivity contribution in [2.45, 2.75) is 32.7 Å². The Kier molecular flexibility index (Phi) is 6.84. The molecule has 0 saturated carbocycles. The van der Waals surface area contributed by atoms with Crippen molar-refractivity contribution in [3.8, 4) is 0 Å². The highest BCUT2D eigenvalue weighted by Crippen LogP contribution is 2.20. The van der Waals surface area contributed by atoms with Crippen LogP contribution < -0.4 is 16.4 Å². The minimum Gasteiger partial charge on any atom is -0.385 e. The summed E-state index contributed by atoms with van der Waals surface area (Å²) >= 11 is 0. The van der Waals surface area contributed by atoms with Crippen LogP contribution in [0.2, 0.25) is 0 Å². The Morgan fingerprint density at radius 3 is 2.67 bits per heavy atom. The molecule has 0 aromatic heterocycles. The summed E-state index contributed by atoms with van der Waals surface area (Å²) in [4.78, 5) is 23.1. The molecular formula is C15H23N3O3. The van der Waals surface area contributed by atoms with Crippen LogP contribution in [0.4, 0.5) is 11.4 Å². The third-order valence-corrected chi connectivity index (χ3v) is 3.02. The normalized spacial score (nSPS) is 11.8. The molecule has 1 atom stereocenters. The number of benzene rings is 1. The highest BCUT2D eigenvalue weighted by molar-refractivity contribution is 5.96. The average Bonchev–Trinajstić information content (AvgIpc) is 2.42. The number of carbonyl (C=O) groups is 2. The Hall–Kier alpha value is -1.92. The van der Waals surface area contributed by atoms with Crippen LogP contribution in [0.3, 0.4) is 0 Å². The molecule has 4 N–H and O–H groups in total. The van der Waals surface area contributed by atoms with Crippen LogP contribution in [0.25, 0.3) is 0 Å². The molecule has 0 fully saturated rings. The Bertz CT molecular complexity index is 503. The summed E-state index contributed by atoms with van der Waals surface area (Å²) in [7, 11) is 1.61. The second-order valence-corrected chi connectivity index (χ2v) is 4.94. The van der Waals surface area contributed by atoms with Crippen LogP contribution in [-0.2, 0) is 14.3 Å².